The fourth-order valence-corrected chi connectivity index (χ4v) is 2.55. The van der Waals surface area contributed by atoms with E-state index in [2.05, 4.69) is 50.1 Å². The Kier molecular flexibility index (Phi) is 4.41. The molecule has 3 nitrogen and oxygen atoms in total. The minimum atomic E-state index is 0.0440. The van der Waals surface area contributed by atoms with Gasteiger partial charge in [0.25, 0.3) is 0 Å². The molecule has 0 saturated carbocycles. The highest BCUT2D eigenvalue weighted by Gasteiger charge is 2.22. The van der Waals surface area contributed by atoms with E-state index < -0.39 is 0 Å². The van der Waals surface area contributed by atoms with Crippen molar-refractivity contribution in [3.8, 4) is 5.75 Å². The third-order valence-corrected chi connectivity index (χ3v) is 3.84. The summed E-state index contributed by atoms with van der Waals surface area (Å²) in [4.78, 5) is 2.26. The number of ether oxygens (including phenoxy) is 1. The highest BCUT2D eigenvalue weighted by molar-refractivity contribution is 5.49. The third kappa shape index (κ3) is 3.69. The van der Waals surface area contributed by atoms with Crippen LogP contribution in [0.3, 0.4) is 0 Å². The van der Waals surface area contributed by atoms with Crippen molar-refractivity contribution in [1.29, 1.82) is 0 Å². The molecule has 2 aromatic carbocycles. The molecule has 0 fully saturated rings. The van der Waals surface area contributed by atoms with E-state index in [9.17, 15) is 0 Å². The van der Waals surface area contributed by atoms with Crippen LogP contribution in [0.15, 0.2) is 48.5 Å². The van der Waals surface area contributed by atoms with Crippen LogP contribution in [-0.4, -0.2) is 20.7 Å². The summed E-state index contributed by atoms with van der Waals surface area (Å²) in [5.74, 6) is 0.880. The predicted molar refractivity (Wildman–Crippen MR) is 90.1 cm³/mol. The largest absolute Gasteiger partial charge is 0.497 e. The molecule has 0 heterocycles. The van der Waals surface area contributed by atoms with Gasteiger partial charge in [0.15, 0.2) is 0 Å². The quantitative estimate of drug-likeness (QED) is 0.851. The highest BCUT2D eigenvalue weighted by Crippen LogP contribution is 2.27. The lowest BCUT2D eigenvalue weighted by Crippen LogP contribution is -2.34. The summed E-state index contributed by atoms with van der Waals surface area (Å²) in [6, 6.07) is 16.3. The molecule has 0 aromatic heterocycles. The second-order valence-electron chi connectivity index (χ2n) is 6.06. The summed E-state index contributed by atoms with van der Waals surface area (Å²) in [5, 5.41) is 0. The zero-order valence-electron chi connectivity index (χ0n) is 13.3. The first-order chi connectivity index (χ1) is 9.92. The minimum absolute atomic E-state index is 0.0440. The normalized spacial score (nSPS) is 11.2. The average Bonchev–Trinajstić information content (AvgIpc) is 2.47. The van der Waals surface area contributed by atoms with Gasteiger partial charge in [-0.1, -0.05) is 26.0 Å². The standard InChI is InChI=1S/C18H24N2O/c1-18(2,14-5-7-15(19)8-6-14)13-20(3)16-9-11-17(21-4)12-10-16/h5-12H,13,19H2,1-4H3. The topological polar surface area (TPSA) is 38.5 Å². The fourth-order valence-electron chi connectivity index (χ4n) is 2.55. The lowest BCUT2D eigenvalue weighted by molar-refractivity contribution is 0.415. The smallest absolute Gasteiger partial charge is 0.119 e. The molecule has 2 rings (SSSR count). The molecule has 0 radical (unpaired) electrons. The Morgan fingerprint density at radius 3 is 2.10 bits per heavy atom. The number of nitrogen functional groups attached to an aromatic ring is 1. The van der Waals surface area contributed by atoms with Crippen LogP contribution in [0.25, 0.3) is 0 Å². The first-order valence-corrected chi connectivity index (χ1v) is 7.13. The zero-order valence-corrected chi connectivity index (χ0v) is 13.3. The van der Waals surface area contributed by atoms with Crippen LogP contribution in [0.4, 0.5) is 11.4 Å². The van der Waals surface area contributed by atoms with Crippen molar-refractivity contribution in [2.24, 2.45) is 0 Å². The van der Waals surface area contributed by atoms with Crippen molar-refractivity contribution in [2.75, 3.05) is 31.3 Å². The number of rotatable bonds is 5. The Balaban J connectivity index is 2.12. The maximum atomic E-state index is 5.77. The lowest BCUT2D eigenvalue weighted by atomic mass is 9.84. The SMILES string of the molecule is COc1ccc(N(C)CC(C)(C)c2ccc(N)cc2)cc1. The summed E-state index contributed by atoms with van der Waals surface area (Å²) in [5.41, 5.74) is 9.08. The van der Waals surface area contributed by atoms with Crippen LogP contribution in [0.5, 0.6) is 5.75 Å². The number of likely N-dealkylation sites (N-methyl/N-ethyl adjacent to an activating group) is 1. The van der Waals surface area contributed by atoms with Gasteiger partial charge in [0.2, 0.25) is 0 Å². The van der Waals surface area contributed by atoms with E-state index >= 15 is 0 Å². The molecule has 0 unspecified atom stereocenters. The number of hydrogen-bond donors (Lipinski definition) is 1. The molecule has 0 aliphatic heterocycles. The second-order valence-corrected chi connectivity index (χ2v) is 6.06. The fraction of sp³-hybridized carbons (Fsp3) is 0.333. The lowest BCUT2D eigenvalue weighted by Gasteiger charge is -2.32. The van der Waals surface area contributed by atoms with Crippen LogP contribution in [0, 0.1) is 0 Å². The van der Waals surface area contributed by atoms with Gasteiger partial charge in [0, 0.05) is 30.4 Å². The number of anilines is 2. The predicted octanol–water partition coefficient (Wildman–Crippen LogP) is 3.69. The summed E-state index contributed by atoms with van der Waals surface area (Å²) >= 11 is 0. The van der Waals surface area contributed by atoms with Crippen LogP contribution in [-0.2, 0) is 5.41 Å². The van der Waals surface area contributed by atoms with Gasteiger partial charge in [-0.3, -0.25) is 0 Å². The van der Waals surface area contributed by atoms with Crippen LogP contribution in [0.2, 0.25) is 0 Å². The molecule has 2 N–H and O–H groups in total. The van der Waals surface area contributed by atoms with Gasteiger partial charge in [0.05, 0.1) is 7.11 Å². The summed E-state index contributed by atoms with van der Waals surface area (Å²) in [6.45, 7) is 5.42. The van der Waals surface area contributed by atoms with Gasteiger partial charge >= 0.3 is 0 Å². The Bertz CT molecular complexity index is 573. The Hall–Kier alpha value is -2.16. The number of methoxy groups -OCH3 is 1. The summed E-state index contributed by atoms with van der Waals surface area (Å²) in [6.07, 6.45) is 0. The molecule has 2 aromatic rings. The van der Waals surface area contributed by atoms with Crippen molar-refractivity contribution in [1.82, 2.24) is 0 Å². The molecule has 0 amide bonds. The molecule has 0 aliphatic carbocycles. The molecule has 21 heavy (non-hydrogen) atoms. The van der Waals surface area contributed by atoms with E-state index in [1.807, 2.05) is 24.3 Å². The molecule has 112 valence electrons. The van der Waals surface area contributed by atoms with Gasteiger partial charge in [-0.2, -0.15) is 0 Å². The van der Waals surface area contributed by atoms with E-state index in [-0.39, 0.29) is 5.41 Å². The van der Waals surface area contributed by atoms with Crippen LogP contribution < -0.4 is 15.4 Å². The number of nitrogens with two attached hydrogens (primary N) is 1. The van der Waals surface area contributed by atoms with E-state index in [0.29, 0.717) is 0 Å². The first kappa shape index (κ1) is 15.2. The molecule has 3 heteroatoms. The third-order valence-electron chi connectivity index (χ3n) is 3.84. The molecular weight excluding hydrogens is 260 g/mol. The highest BCUT2D eigenvalue weighted by atomic mass is 16.5. The minimum Gasteiger partial charge on any atom is -0.497 e. The Morgan fingerprint density at radius 1 is 1.00 bits per heavy atom. The van der Waals surface area contributed by atoms with Crippen molar-refractivity contribution in [2.45, 2.75) is 19.3 Å². The first-order valence-electron chi connectivity index (χ1n) is 7.13. The Morgan fingerprint density at radius 2 is 1.57 bits per heavy atom. The average molecular weight is 284 g/mol. The van der Waals surface area contributed by atoms with E-state index in [4.69, 9.17) is 10.5 Å². The molecule has 0 bridgehead atoms. The van der Waals surface area contributed by atoms with Crippen molar-refractivity contribution in [3.05, 3.63) is 54.1 Å². The maximum Gasteiger partial charge on any atom is 0.119 e. The van der Waals surface area contributed by atoms with Crippen molar-refractivity contribution >= 4 is 11.4 Å². The van der Waals surface area contributed by atoms with E-state index in [1.165, 1.54) is 11.3 Å². The van der Waals surface area contributed by atoms with Crippen molar-refractivity contribution in [3.63, 3.8) is 0 Å². The van der Waals surface area contributed by atoms with Crippen LogP contribution >= 0.6 is 0 Å². The number of nitrogens with zero attached hydrogens (tertiary/aromatic N) is 1. The molecular formula is C18H24N2O. The molecule has 0 saturated heterocycles. The van der Waals surface area contributed by atoms with Gasteiger partial charge < -0.3 is 15.4 Å². The van der Waals surface area contributed by atoms with E-state index in [0.717, 1.165) is 18.0 Å². The van der Waals surface area contributed by atoms with Crippen LogP contribution in [0.1, 0.15) is 19.4 Å². The molecule has 0 aliphatic rings. The van der Waals surface area contributed by atoms with E-state index in [1.54, 1.807) is 7.11 Å². The molecule has 0 atom stereocenters. The summed E-state index contributed by atoms with van der Waals surface area (Å²) < 4.78 is 5.20. The Labute approximate surface area is 127 Å². The van der Waals surface area contributed by atoms with Crippen molar-refractivity contribution < 1.29 is 4.74 Å². The molecule has 0 spiro atoms. The second kappa shape index (κ2) is 6.08. The number of benzene rings is 2. The van der Waals surface area contributed by atoms with Gasteiger partial charge in [-0.15, -0.1) is 0 Å². The van der Waals surface area contributed by atoms with Gasteiger partial charge in [0.1, 0.15) is 5.75 Å². The van der Waals surface area contributed by atoms with Gasteiger partial charge in [-0.25, -0.2) is 0 Å². The number of hydrogen-bond acceptors (Lipinski definition) is 3. The monoisotopic (exact) mass is 284 g/mol. The maximum absolute atomic E-state index is 5.77. The summed E-state index contributed by atoms with van der Waals surface area (Å²) in [7, 11) is 3.80. The zero-order chi connectivity index (χ0) is 15.5. The van der Waals surface area contributed by atoms with Gasteiger partial charge in [-0.05, 0) is 42.0 Å².